The molecule has 0 saturated heterocycles. The molecule has 0 bridgehead atoms. The van der Waals surface area contributed by atoms with Crippen molar-refractivity contribution in [3.63, 3.8) is 0 Å². The van der Waals surface area contributed by atoms with E-state index in [1.807, 2.05) is 0 Å². The summed E-state index contributed by atoms with van der Waals surface area (Å²) in [6.45, 7) is 4.49. The van der Waals surface area contributed by atoms with Crippen LogP contribution in [0.2, 0.25) is 0 Å². The summed E-state index contributed by atoms with van der Waals surface area (Å²) < 4.78 is 10.9. The number of rotatable bonds is 8. The van der Waals surface area contributed by atoms with E-state index in [4.69, 9.17) is 22.5 Å². The molecular formula is C10H21Cl2OP. The van der Waals surface area contributed by atoms with Crippen molar-refractivity contribution >= 4 is 28.3 Å². The van der Waals surface area contributed by atoms with Gasteiger partial charge in [0.1, 0.15) is 0 Å². The van der Waals surface area contributed by atoms with Gasteiger partial charge in [0.2, 0.25) is 0 Å². The Labute approximate surface area is 97.5 Å². The van der Waals surface area contributed by atoms with Gasteiger partial charge in [0, 0.05) is 6.16 Å². The molecule has 0 amide bonds. The molecule has 0 aromatic carbocycles. The molecule has 0 spiro atoms. The smallest absolute Gasteiger partial charge is 0.253 e. The third kappa shape index (κ3) is 12.8. The summed E-state index contributed by atoms with van der Waals surface area (Å²) in [7, 11) is 0. The predicted octanol–water partition coefficient (Wildman–Crippen LogP) is 5.65. The van der Waals surface area contributed by atoms with Crippen molar-refractivity contribution in [1.29, 1.82) is 0 Å². The summed E-state index contributed by atoms with van der Waals surface area (Å²) in [6.07, 6.45) is 7.56. The van der Waals surface area contributed by atoms with Crippen LogP contribution in [0.15, 0.2) is 0 Å². The van der Waals surface area contributed by atoms with Crippen LogP contribution in [0.1, 0.15) is 52.4 Å². The highest BCUT2D eigenvalue weighted by Gasteiger charge is 2.11. The highest BCUT2D eigenvalue weighted by atomic mass is 35.9. The molecule has 0 atom stereocenters. The van der Waals surface area contributed by atoms with E-state index >= 15 is 0 Å². The van der Waals surface area contributed by atoms with Gasteiger partial charge in [-0.25, -0.2) is 0 Å². The number of unbranched alkanes of at least 4 members (excludes halogenated alkanes) is 4. The molecule has 0 saturated carbocycles. The minimum Gasteiger partial charge on any atom is -0.289 e. The van der Waals surface area contributed by atoms with E-state index in [9.17, 15) is 4.57 Å². The van der Waals surface area contributed by atoms with Gasteiger partial charge < -0.3 is 0 Å². The van der Waals surface area contributed by atoms with Crippen molar-refractivity contribution in [2.75, 3.05) is 6.16 Å². The Bertz CT molecular complexity index is 177. The Morgan fingerprint density at radius 1 is 1.00 bits per heavy atom. The monoisotopic (exact) mass is 258 g/mol. The fourth-order valence-electron chi connectivity index (χ4n) is 1.38. The zero-order chi connectivity index (χ0) is 11.0. The Balaban J connectivity index is 3.11. The molecule has 0 aromatic heterocycles. The van der Waals surface area contributed by atoms with Crippen LogP contribution in [-0.2, 0) is 4.57 Å². The van der Waals surface area contributed by atoms with E-state index in [0.29, 0.717) is 6.16 Å². The van der Waals surface area contributed by atoms with E-state index < -0.39 is 5.85 Å². The molecule has 0 aliphatic heterocycles. The summed E-state index contributed by atoms with van der Waals surface area (Å²) in [5.41, 5.74) is 0. The first-order valence-corrected chi connectivity index (χ1v) is 9.10. The molecule has 0 unspecified atom stereocenters. The van der Waals surface area contributed by atoms with Crippen LogP contribution in [0.3, 0.4) is 0 Å². The summed E-state index contributed by atoms with van der Waals surface area (Å²) >= 11 is 10.9. The Morgan fingerprint density at radius 3 is 2.00 bits per heavy atom. The largest absolute Gasteiger partial charge is 0.289 e. The second-order valence-electron chi connectivity index (χ2n) is 4.24. The minimum atomic E-state index is -2.79. The lowest BCUT2D eigenvalue weighted by molar-refractivity contribution is 0.518. The van der Waals surface area contributed by atoms with Crippen LogP contribution in [0.4, 0.5) is 0 Å². The van der Waals surface area contributed by atoms with Crippen molar-refractivity contribution in [2.24, 2.45) is 5.92 Å². The summed E-state index contributed by atoms with van der Waals surface area (Å²) in [4.78, 5) is 0. The van der Waals surface area contributed by atoms with Crippen LogP contribution < -0.4 is 0 Å². The average Bonchev–Trinajstić information content (AvgIpc) is 2.00. The molecule has 0 aromatic rings. The first-order chi connectivity index (χ1) is 6.42. The summed E-state index contributed by atoms with van der Waals surface area (Å²) in [6, 6.07) is 0. The fraction of sp³-hybridized carbons (Fsp3) is 1.00. The van der Waals surface area contributed by atoms with Crippen molar-refractivity contribution in [1.82, 2.24) is 0 Å². The number of hydrogen-bond acceptors (Lipinski definition) is 1. The van der Waals surface area contributed by atoms with Crippen LogP contribution in [0.5, 0.6) is 0 Å². The molecule has 0 aliphatic rings. The normalized spacial score (nSPS) is 12.4. The molecule has 0 rings (SSSR count). The molecule has 0 aliphatic carbocycles. The third-order valence-electron chi connectivity index (χ3n) is 2.20. The zero-order valence-corrected chi connectivity index (χ0v) is 11.5. The third-order valence-corrected chi connectivity index (χ3v) is 4.05. The molecule has 0 N–H and O–H groups in total. The Morgan fingerprint density at radius 2 is 1.50 bits per heavy atom. The topological polar surface area (TPSA) is 17.1 Å². The lowest BCUT2D eigenvalue weighted by Gasteiger charge is -2.04. The first-order valence-electron chi connectivity index (χ1n) is 5.40. The van der Waals surface area contributed by atoms with E-state index in [2.05, 4.69) is 13.8 Å². The van der Waals surface area contributed by atoms with Crippen LogP contribution in [0.25, 0.3) is 0 Å². The highest BCUT2D eigenvalue weighted by Crippen LogP contribution is 2.57. The first kappa shape index (κ1) is 14.8. The van der Waals surface area contributed by atoms with Gasteiger partial charge in [0.05, 0.1) is 0 Å². The van der Waals surface area contributed by atoms with Gasteiger partial charge >= 0.3 is 0 Å². The lowest BCUT2D eigenvalue weighted by Crippen LogP contribution is -1.87. The second kappa shape index (κ2) is 8.02. The standard InChI is InChI=1S/C10H21Cl2OP/c1-10(2)8-6-4-3-5-7-9-14(11,12)13/h10H,3-9H2,1-2H3. The molecule has 14 heavy (non-hydrogen) atoms. The Kier molecular flexibility index (Phi) is 8.48. The fourth-order valence-corrected chi connectivity index (χ4v) is 2.69. The van der Waals surface area contributed by atoms with Crippen molar-refractivity contribution in [3.05, 3.63) is 0 Å². The van der Waals surface area contributed by atoms with Gasteiger partial charge in [0.25, 0.3) is 5.85 Å². The zero-order valence-electron chi connectivity index (χ0n) is 9.14. The lowest BCUT2D eigenvalue weighted by atomic mass is 10.0. The quantitative estimate of drug-likeness (QED) is 0.406. The Hall–Kier alpha value is 0.810. The van der Waals surface area contributed by atoms with Crippen LogP contribution in [-0.4, -0.2) is 6.16 Å². The van der Waals surface area contributed by atoms with Gasteiger partial charge in [-0.15, -0.1) is 0 Å². The van der Waals surface area contributed by atoms with Gasteiger partial charge in [-0.3, -0.25) is 4.57 Å². The molecule has 4 heteroatoms. The maximum absolute atomic E-state index is 10.9. The molecule has 1 nitrogen and oxygen atoms in total. The van der Waals surface area contributed by atoms with Gasteiger partial charge in [-0.1, -0.05) is 46.0 Å². The van der Waals surface area contributed by atoms with Gasteiger partial charge in [-0.05, 0) is 34.8 Å². The summed E-state index contributed by atoms with van der Waals surface area (Å²) in [5, 5.41) is 0. The van der Waals surface area contributed by atoms with E-state index in [1.165, 1.54) is 25.7 Å². The molecule has 0 fully saturated rings. The van der Waals surface area contributed by atoms with E-state index in [1.54, 1.807) is 0 Å². The van der Waals surface area contributed by atoms with Crippen molar-refractivity contribution in [2.45, 2.75) is 52.4 Å². The number of halogens is 2. The van der Waals surface area contributed by atoms with Crippen molar-refractivity contribution < 1.29 is 4.57 Å². The maximum atomic E-state index is 10.9. The van der Waals surface area contributed by atoms with Crippen LogP contribution >= 0.6 is 28.3 Å². The summed E-state index contributed by atoms with van der Waals surface area (Å²) in [5.74, 6) is -1.99. The van der Waals surface area contributed by atoms with Gasteiger partial charge in [-0.2, -0.15) is 0 Å². The highest BCUT2D eigenvalue weighted by molar-refractivity contribution is 8.08. The van der Waals surface area contributed by atoms with Crippen molar-refractivity contribution in [3.8, 4) is 0 Å². The number of hydrogen-bond donors (Lipinski definition) is 0. The molecule has 0 heterocycles. The SMILES string of the molecule is CC(C)CCCCCCCP(=O)(Cl)Cl. The average molecular weight is 259 g/mol. The molecule has 0 radical (unpaired) electrons. The van der Waals surface area contributed by atoms with E-state index in [-0.39, 0.29) is 0 Å². The molecular weight excluding hydrogens is 238 g/mol. The second-order valence-corrected chi connectivity index (χ2v) is 9.63. The maximum Gasteiger partial charge on any atom is 0.253 e. The minimum absolute atomic E-state index is 0.473. The molecule has 86 valence electrons. The predicted molar refractivity (Wildman–Crippen MR) is 66.7 cm³/mol. The van der Waals surface area contributed by atoms with Gasteiger partial charge in [0.15, 0.2) is 0 Å². The van der Waals surface area contributed by atoms with E-state index in [0.717, 1.165) is 18.8 Å². The van der Waals surface area contributed by atoms with Crippen LogP contribution in [0, 0.1) is 5.92 Å².